The molecule has 0 spiro atoms. The molecule has 0 aliphatic carbocycles. The van der Waals surface area contributed by atoms with Gasteiger partial charge in [-0.05, 0) is 42.5 Å². The van der Waals surface area contributed by atoms with Crippen molar-refractivity contribution in [2.45, 2.75) is 0 Å². The van der Waals surface area contributed by atoms with E-state index in [2.05, 4.69) is 6.07 Å². The van der Waals surface area contributed by atoms with Crippen LogP contribution in [-0.2, 0) is 0 Å². The Morgan fingerprint density at radius 2 is 1.81 bits per heavy atom. The van der Waals surface area contributed by atoms with Gasteiger partial charge < -0.3 is 9.52 Å². The number of furan rings is 1. The standard InChI is InChI=1S/C20H11Cl2NO3/c21-15-5-7-17(18(22)10-15)14(11-23)9-16-6-8-19(26-16)12-1-3-13(4-2-12)20(24)25/h1-10H,(H,24,25). The largest absolute Gasteiger partial charge is 0.478 e. The zero-order chi connectivity index (χ0) is 18.7. The average Bonchev–Trinajstić information content (AvgIpc) is 3.09. The normalized spacial score (nSPS) is 11.2. The third-order valence-corrected chi connectivity index (χ3v) is 4.22. The maximum Gasteiger partial charge on any atom is 0.335 e. The third-order valence-electron chi connectivity index (χ3n) is 3.67. The summed E-state index contributed by atoms with van der Waals surface area (Å²) < 4.78 is 5.74. The van der Waals surface area contributed by atoms with E-state index in [1.54, 1.807) is 48.5 Å². The summed E-state index contributed by atoms with van der Waals surface area (Å²) in [5.41, 5.74) is 1.83. The van der Waals surface area contributed by atoms with E-state index in [1.165, 1.54) is 12.1 Å². The van der Waals surface area contributed by atoms with Crippen LogP contribution < -0.4 is 0 Å². The molecule has 128 valence electrons. The summed E-state index contributed by atoms with van der Waals surface area (Å²) in [5, 5.41) is 19.2. The van der Waals surface area contributed by atoms with Crippen LogP contribution in [0, 0.1) is 11.3 Å². The van der Waals surface area contributed by atoms with Crippen molar-refractivity contribution in [1.82, 2.24) is 0 Å². The highest BCUT2D eigenvalue weighted by molar-refractivity contribution is 6.36. The number of aromatic carboxylic acids is 1. The number of halogens is 2. The van der Waals surface area contributed by atoms with Gasteiger partial charge in [-0.1, -0.05) is 41.4 Å². The zero-order valence-corrected chi connectivity index (χ0v) is 14.8. The van der Waals surface area contributed by atoms with E-state index in [0.29, 0.717) is 32.7 Å². The average molecular weight is 384 g/mol. The summed E-state index contributed by atoms with van der Waals surface area (Å²) in [4.78, 5) is 10.9. The van der Waals surface area contributed by atoms with Crippen molar-refractivity contribution < 1.29 is 14.3 Å². The van der Waals surface area contributed by atoms with Crippen molar-refractivity contribution in [3.05, 3.63) is 81.5 Å². The predicted octanol–water partition coefficient (Wildman–Crippen LogP) is 6.02. The lowest BCUT2D eigenvalue weighted by Crippen LogP contribution is -1.94. The van der Waals surface area contributed by atoms with Gasteiger partial charge in [0.2, 0.25) is 0 Å². The van der Waals surface area contributed by atoms with Gasteiger partial charge in [-0.25, -0.2) is 4.79 Å². The van der Waals surface area contributed by atoms with Crippen molar-refractivity contribution in [2.24, 2.45) is 0 Å². The van der Waals surface area contributed by atoms with Crippen LogP contribution in [-0.4, -0.2) is 11.1 Å². The Kier molecular flexibility index (Phi) is 5.13. The Balaban J connectivity index is 1.92. The molecule has 2 aromatic carbocycles. The van der Waals surface area contributed by atoms with Gasteiger partial charge in [-0.3, -0.25) is 0 Å². The second kappa shape index (κ2) is 7.49. The van der Waals surface area contributed by atoms with Crippen molar-refractivity contribution in [1.29, 1.82) is 5.26 Å². The quantitative estimate of drug-likeness (QED) is 0.559. The first kappa shape index (κ1) is 17.8. The number of rotatable bonds is 4. The number of nitrogens with zero attached hydrogens (tertiary/aromatic N) is 1. The molecule has 6 heteroatoms. The van der Waals surface area contributed by atoms with Gasteiger partial charge in [0.05, 0.1) is 22.2 Å². The Morgan fingerprint density at radius 3 is 2.42 bits per heavy atom. The molecular weight excluding hydrogens is 373 g/mol. The molecule has 0 bridgehead atoms. The Bertz CT molecular complexity index is 1040. The molecule has 0 atom stereocenters. The van der Waals surface area contributed by atoms with E-state index in [0.717, 1.165) is 5.56 Å². The summed E-state index contributed by atoms with van der Waals surface area (Å²) in [6.45, 7) is 0. The van der Waals surface area contributed by atoms with Gasteiger partial charge >= 0.3 is 5.97 Å². The van der Waals surface area contributed by atoms with Crippen molar-refractivity contribution >= 4 is 40.8 Å². The Morgan fingerprint density at radius 1 is 1.08 bits per heavy atom. The molecule has 1 heterocycles. The van der Waals surface area contributed by atoms with Crippen LogP contribution in [0.15, 0.2) is 59.0 Å². The molecule has 0 aliphatic rings. The second-order valence-electron chi connectivity index (χ2n) is 5.38. The first-order valence-electron chi connectivity index (χ1n) is 7.48. The van der Waals surface area contributed by atoms with Crippen molar-refractivity contribution in [3.63, 3.8) is 0 Å². The molecule has 0 amide bonds. The van der Waals surface area contributed by atoms with Crippen molar-refractivity contribution in [3.8, 4) is 17.4 Å². The lowest BCUT2D eigenvalue weighted by Gasteiger charge is -2.02. The van der Waals surface area contributed by atoms with Crippen LogP contribution >= 0.6 is 23.2 Å². The van der Waals surface area contributed by atoms with E-state index in [-0.39, 0.29) is 5.56 Å². The van der Waals surface area contributed by atoms with Gasteiger partial charge in [0.1, 0.15) is 11.5 Å². The Hall–Kier alpha value is -3.00. The highest BCUT2D eigenvalue weighted by Crippen LogP contribution is 2.30. The van der Waals surface area contributed by atoms with Crippen LogP contribution in [0.2, 0.25) is 10.0 Å². The monoisotopic (exact) mass is 383 g/mol. The minimum atomic E-state index is -0.988. The van der Waals surface area contributed by atoms with E-state index in [4.69, 9.17) is 32.7 Å². The molecular formula is C20H11Cl2NO3. The van der Waals surface area contributed by atoms with Gasteiger partial charge in [-0.15, -0.1) is 0 Å². The molecule has 0 radical (unpaired) electrons. The van der Waals surface area contributed by atoms with Gasteiger partial charge in [-0.2, -0.15) is 5.26 Å². The maximum atomic E-state index is 10.9. The Labute approximate surface area is 159 Å². The molecule has 1 aromatic heterocycles. The van der Waals surface area contributed by atoms with E-state index in [1.807, 2.05) is 0 Å². The van der Waals surface area contributed by atoms with Crippen LogP contribution in [0.3, 0.4) is 0 Å². The highest BCUT2D eigenvalue weighted by Gasteiger charge is 2.10. The number of carboxylic acids is 1. The summed E-state index contributed by atoms with van der Waals surface area (Å²) in [5.74, 6) is 0.0516. The molecule has 0 unspecified atom stereocenters. The van der Waals surface area contributed by atoms with Crippen LogP contribution in [0.5, 0.6) is 0 Å². The zero-order valence-electron chi connectivity index (χ0n) is 13.2. The number of carboxylic acid groups (broad SMARTS) is 1. The first-order chi connectivity index (χ1) is 12.5. The summed E-state index contributed by atoms with van der Waals surface area (Å²) in [7, 11) is 0. The summed E-state index contributed by atoms with van der Waals surface area (Å²) >= 11 is 12.0. The maximum absolute atomic E-state index is 10.9. The van der Waals surface area contributed by atoms with Gasteiger partial charge in [0.15, 0.2) is 0 Å². The highest BCUT2D eigenvalue weighted by atomic mass is 35.5. The lowest BCUT2D eigenvalue weighted by atomic mass is 10.1. The molecule has 26 heavy (non-hydrogen) atoms. The third kappa shape index (κ3) is 3.80. The fourth-order valence-electron chi connectivity index (χ4n) is 2.38. The van der Waals surface area contributed by atoms with Gasteiger partial charge in [0, 0.05) is 16.1 Å². The number of hydrogen-bond acceptors (Lipinski definition) is 3. The minimum absolute atomic E-state index is 0.199. The number of carbonyl (C=O) groups is 1. The van der Waals surface area contributed by atoms with Crippen LogP contribution in [0.1, 0.15) is 21.7 Å². The topological polar surface area (TPSA) is 74.2 Å². The first-order valence-corrected chi connectivity index (χ1v) is 8.24. The molecule has 1 N–H and O–H groups in total. The summed E-state index contributed by atoms with van der Waals surface area (Å²) in [6.07, 6.45) is 1.59. The fraction of sp³-hybridized carbons (Fsp3) is 0. The number of hydrogen-bond donors (Lipinski definition) is 1. The second-order valence-corrected chi connectivity index (χ2v) is 6.22. The smallest absolute Gasteiger partial charge is 0.335 e. The number of benzene rings is 2. The molecule has 0 saturated heterocycles. The fourth-order valence-corrected chi connectivity index (χ4v) is 2.89. The van der Waals surface area contributed by atoms with Crippen molar-refractivity contribution in [2.75, 3.05) is 0 Å². The van der Waals surface area contributed by atoms with Crippen LogP contribution in [0.4, 0.5) is 0 Å². The minimum Gasteiger partial charge on any atom is -0.478 e. The predicted molar refractivity (Wildman–Crippen MR) is 101 cm³/mol. The SMILES string of the molecule is N#CC(=Cc1ccc(-c2ccc(C(=O)O)cc2)o1)c1ccc(Cl)cc1Cl. The van der Waals surface area contributed by atoms with E-state index in [9.17, 15) is 10.1 Å². The molecule has 0 fully saturated rings. The number of allylic oxidation sites excluding steroid dienone is 1. The van der Waals surface area contributed by atoms with Gasteiger partial charge in [0.25, 0.3) is 0 Å². The molecule has 3 rings (SSSR count). The van der Waals surface area contributed by atoms with Crippen LogP contribution in [0.25, 0.3) is 23.0 Å². The molecule has 0 aliphatic heterocycles. The van der Waals surface area contributed by atoms with E-state index >= 15 is 0 Å². The molecule has 0 saturated carbocycles. The van der Waals surface area contributed by atoms with E-state index < -0.39 is 5.97 Å². The molecule has 4 nitrogen and oxygen atoms in total. The number of nitriles is 1. The summed E-state index contributed by atoms with van der Waals surface area (Å²) in [6, 6.07) is 16.8. The lowest BCUT2D eigenvalue weighted by molar-refractivity contribution is 0.0697. The molecule has 3 aromatic rings.